The summed E-state index contributed by atoms with van der Waals surface area (Å²) in [4.78, 5) is 0. The van der Waals surface area contributed by atoms with Gasteiger partial charge in [-0.1, -0.05) is 90.0 Å². The standard InChI is InChI=1S/C20H17ClO/c1-15-11-13-17(14-12-15)20(22,16-7-3-2-4-8-16)18-9-5-6-10-19(18)21/h2-14,22H,1H3. The predicted molar refractivity (Wildman–Crippen MR) is 91.2 cm³/mol. The normalized spacial score (nSPS) is 13.6. The second-order valence-corrected chi connectivity index (χ2v) is 5.83. The Morgan fingerprint density at radius 3 is 1.91 bits per heavy atom. The number of aliphatic hydroxyl groups is 1. The molecule has 110 valence electrons. The van der Waals surface area contributed by atoms with Crippen LogP contribution < -0.4 is 0 Å². The quantitative estimate of drug-likeness (QED) is 0.680. The fourth-order valence-electron chi connectivity index (χ4n) is 2.71. The smallest absolute Gasteiger partial charge is 0.141 e. The van der Waals surface area contributed by atoms with E-state index >= 15 is 0 Å². The van der Waals surface area contributed by atoms with Crippen molar-refractivity contribution < 1.29 is 5.11 Å². The SMILES string of the molecule is Cc1ccc(C(O)(c2ccccc2)c2ccccc2Cl)cc1. The number of hydrogen-bond acceptors (Lipinski definition) is 1. The molecule has 1 N–H and O–H groups in total. The molecule has 0 saturated heterocycles. The maximum atomic E-state index is 11.6. The van der Waals surface area contributed by atoms with Crippen molar-refractivity contribution in [2.24, 2.45) is 0 Å². The third-order valence-corrected chi connectivity index (χ3v) is 4.25. The maximum Gasteiger partial charge on any atom is 0.141 e. The van der Waals surface area contributed by atoms with Gasteiger partial charge in [-0.3, -0.25) is 0 Å². The summed E-state index contributed by atoms with van der Waals surface area (Å²) in [5.41, 5.74) is 2.17. The number of aryl methyl sites for hydroxylation is 1. The molecule has 0 fully saturated rings. The first-order valence-electron chi connectivity index (χ1n) is 7.22. The summed E-state index contributed by atoms with van der Waals surface area (Å²) in [6.45, 7) is 2.03. The molecule has 3 rings (SSSR count). The van der Waals surface area contributed by atoms with Crippen LogP contribution in [0.2, 0.25) is 5.02 Å². The van der Waals surface area contributed by atoms with Crippen molar-refractivity contribution in [1.82, 2.24) is 0 Å². The Bertz CT molecular complexity index is 765. The van der Waals surface area contributed by atoms with Gasteiger partial charge in [-0.25, -0.2) is 0 Å². The molecule has 1 nitrogen and oxygen atoms in total. The predicted octanol–water partition coefficient (Wildman–Crippen LogP) is 4.93. The van der Waals surface area contributed by atoms with Crippen LogP contribution in [0, 0.1) is 6.92 Å². The summed E-state index contributed by atoms with van der Waals surface area (Å²) >= 11 is 6.38. The minimum absolute atomic E-state index is 0.550. The zero-order valence-electron chi connectivity index (χ0n) is 12.3. The molecular weight excluding hydrogens is 292 g/mol. The first kappa shape index (κ1) is 14.8. The van der Waals surface area contributed by atoms with E-state index in [4.69, 9.17) is 11.6 Å². The maximum absolute atomic E-state index is 11.6. The second kappa shape index (κ2) is 5.96. The first-order chi connectivity index (χ1) is 10.6. The van der Waals surface area contributed by atoms with E-state index in [0.29, 0.717) is 10.6 Å². The fourth-order valence-corrected chi connectivity index (χ4v) is 2.98. The number of rotatable bonds is 3. The van der Waals surface area contributed by atoms with Crippen LogP contribution in [0.3, 0.4) is 0 Å². The van der Waals surface area contributed by atoms with E-state index in [0.717, 1.165) is 16.7 Å². The second-order valence-electron chi connectivity index (χ2n) is 5.42. The largest absolute Gasteiger partial charge is 0.376 e. The Balaban J connectivity index is 2.27. The lowest BCUT2D eigenvalue weighted by atomic mass is 9.80. The van der Waals surface area contributed by atoms with Gasteiger partial charge in [0.05, 0.1) is 0 Å². The van der Waals surface area contributed by atoms with Crippen molar-refractivity contribution in [2.45, 2.75) is 12.5 Å². The molecule has 0 radical (unpaired) electrons. The molecule has 0 aliphatic rings. The van der Waals surface area contributed by atoms with Crippen LogP contribution in [0.25, 0.3) is 0 Å². The van der Waals surface area contributed by atoms with Gasteiger partial charge in [0.2, 0.25) is 0 Å². The van der Waals surface area contributed by atoms with Crippen LogP contribution in [0.5, 0.6) is 0 Å². The van der Waals surface area contributed by atoms with Crippen molar-refractivity contribution in [1.29, 1.82) is 0 Å². The Hall–Kier alpha value is -2.09. The molecule has 0 aliphatic heterocycles. The Labute approximate surface area is 135 Å². The van der Waals surface area contributed by atoms with Crippen LogP contribution in [0.4, 0.5) is 0 Å². The zero-order valence-corrected chi connectivity index (χ0v) is 13.1. The van der Waals surface area contributed by atoms with Crippen molar-refractivity contribution in [3.63, 3.8) is 0 Å². The van der Waals surface area contributed by atoms with E-state index in [1.165, 1.54) is 0 Å². The topological polar surface area (TPSA) is 20.2 Å². The molecule has 0 heterocycles. The van der Waals surface area contributed by atoms with Gasteiger partial charge in [-0.2, -0.15) is 0 Å². The van der Waals surface area contributed by atoms with E-state index in [2.05, 4.69) is 0 Å². The van der Waals surface area contributed by atoms with Gasteiger partial charge in [0, 0.05) is 10.6 Å². The van der Waals surface area contributed by atoms with Gasteiger partial charge < -0.3 is 5.11 Å². The number of hydrogen-bond donors (Lipinski definition) is 1. The summed E-state index contributed by atoms with van der Waals surface area (Å²) in [5.74, 6) is 0. The first-order valence-corrected chi connectivity index (χ1v) is 7.60. The van der Waals surface area contributed by atoms with Gasteiger partial charge >= 0.3 is 0 Å². The Kier molecular flexibility index (Phi) is 4.02. The summed E-state index contributed by atoms with van der Waals surface area (Å²) < 4.78 is 0. The van der Waals surface area contributed by atoms with E-state index in [1.54, 1.807) is 6.07 Å². The molecule has 0 saturated carbocycles. The lowest BCUT2D eigenvalue weighted by Gasteiger charge is -2.31. The van der Waals surface area contributed by atoms with Crippen LogP contribution in [-0.2, 0) is 5.60 Å². The van der Waals surface area contributed by atoms with Crippen molar-refractivity contribution in [3.05, 3.63) is 106 Å². The molecule has 22 heavy (non-hydrogen) atoms. The molecule has 1 atom stereocenters. The highest BCUT2D eigenvalue weighted by atomic mass is 35.5. The van der Waals surface area contributed by atoms with Crippen molar-refractivity contribution >= 4 is 11.6 Å². The Morgan fingerprint density at radius 1 is 0.727 bits per heavy atom. The van der Waals surface area contributed by atoms with Gasteiger partial charge in [0.15, 0.2) is 0 Å². The van der Waals surface area contributed by atoms with E-state index in [9.17, 15) is 5.11 Å². The minimum atomic E-state index is -1.27. The minimum Gasteiger partial charge on any atom is -0.376 e. The summed E-state index contributed by atoms with van der Waals surface area (Å²) in [7, 11) is 0. The average Bonchev–Trinajstić information content (AvgIpc) is 2.56. The highest BCUT2D eigenvalue weighted by Gasteiger charge is 2.35. The zero-order chi connectivity index (χ0) is 15.6. The molecule has 3 aromatic rings. The highest BCUT2D eigenvalue weighted by Crippen LogP contribution is 2.39. The molecule has 0 bridgehead atoms. The molecular formula is C20H17ClO. The van der Waals surface area contributed by atoms with Crippen LogP contribution >= 0.6 is 11.6 Å². The third kappa shape index (κ3) is 2.54. The third-order valence-electron chi connectivity index (χ3n) is 3.92. The number of benzene rings is 3. The lowest BCUT2D eigenvalue weighted by molar-refractivity contribution is 0.126. The monoisotopic (exact) mass is 308 g/mol. The highest BCUT2D eigenvalue weighted by molar-refractivity contribution is 6.31. The van der Waals surface area contributed by atoms with E-state index in [1.807, 2.05) is 79.7 Å². The van der Waals surface area contributed by atoms with Crippen LogP contribution in [-0.4, -0.2) is 5.11 Å². The summed E-state index contributed by atoms with van der Waals surface area (Å²) in [5, 5.41) is 12.2. The van der Waals surface area contributed by atoms with E-state index < -0.39 is 5.60 Å². The van der Waals surface area contributed by atoms with Crippen molar-refractivity contribution in [3.8, 4) is 0 Å². The fraction of sp³-hybridized carbons (Fsp3) is 0.100. The number of halogens is 1. The average molecular weight is 309 g/mol. The van der Waals surface area contributed by atoms with Gasteiger partial charge in [-0.15, -0.1) is 0 Å². The van der Waals surface area contributed by atoms with E-state index in [-0.39, 0.29) is 0 Å². The van der Waals surface area contributed by atoms with Gasteiger partial charge in [-0.05, 0) is 24.1 Å². The van der Waals surface area contributed by atoms with Gasteiger partial charge in [0.25, 0.3) is 0 Å². The summed E-state index contributed by atoms with van der Waals surface area (Å²) in [6.07, 6.45) is 0. The van der Waals surface area contributed by atoms with Gasteiger partial charge in [0.1, 0.15) is 5.60 Å². The summed E-state index contributed by atoms with van der Waals surface area (Å²) in [6, 6.07) is 25.0. The molecule has 0 spiro atoms. The molecule has 0 amide bonds. The molecule has 0 aliphatic carbocycles. The van der Waals surface area contributed by atoms with Crippen LogP contribution in [0.1, 0.15) is 22.3 Å². The Morgan fingerprint density at radius 2 is 1.27 bits per heavy atom. The molecule has 2 heteroatoms. The molecule has 3 aromatic carbocycles. The van der Waals surface area contributed by atoms with Crippen molar-refractivity contribution in [2.75, 3.05) is 0 Å². The lowest BCUT2D eigenvalue weighted by Crippen LogP contribution is -2.29. The van der Waals surface area contributed by atoms with Crippen LogP contribution in [0.15, 0.2) is 78.9 Å². The molecule has 0 aromatic heterocycles. The molecule has 1 unspecified atom stereocenters.